The lowest BCUT2D eigenvalue weighted by Gasteiger charge is -2.49. The molecule has 16 nitrogen and oxygen atoms in total. The number of benzene rings is 2. The second-order valence-electron chi connectivity index (χ2n) is 19.1. The molecule has 2 aromatic carbocycles. The second kappa shape index (κ2) is 20.3. The summed E-state index contributed by atoms with van der Waals surface area (Å²) in [5.41, 5.74) is 7.70. The zero-order chi connectivity index (χ0) is 46.8. The van der Waals surface area contributed by atoms with Gasteiger partial charge in [-0.15, -0.1) is 21.5 Å². The van der Waals surface area contributed by atoms with E-state index in [9.17, 15) is 14.7 Å². The molecule has 6 unspecified atom stereocenters. The predicted molar refractivity (Wildman–Crippen MR) is 258 cm³/mol. The largest absolute Gasteiger partial charge is 0.496 e. The molecule has 7 heterocycles. The van der Waals surface area contributed by atoms with Gasteiger partial charge in [-0.2, -0.15) is 0 Å². The third kappa shape index (κ3) is 10.2. The summed E-state index contributed by atoms with van der Waals surface area (Å²) in [7, 11) is 1.69. The van der Waals surface area contributed by atoms with Crippen molar-refractivity contribution in [2.24, 2.45) is 11.8 Å². The summed E-state index contributed by atoms with van der Waals surface area (Å²) in [5.74, 6) is 1.54. The third-order valence-corrected chi connectivity index (χ3v) is 15.2. The number of aliphatic hydroxyl groups is 1. The number of amides is 2. The van der Waals surface area contributed by atoms with E-state index in [1.165, 1.54) is 4.90 Å². The minimum atomic E-state index is -0.815. The molecular formula is C50H64N10O6S. The number of carbonyl (C=O) groups excluding carboxylic acids is 2. The van der Waals surface area contributed by atoms with Gasteiger partial charge in [-0.05, 0) is 93.0 Å². The van der Waals surface area contributed by atoms with Crippen molar-refractivity contribution in [3.8, 4) is 33.3 Å². The molecule has 356 valence electrons. The van der Waals surface area contributed by atoms with Gasteiger partial charge in [0.25, 0.3) is 5.88 Å². The lowest BCUT2D eigenvalue weighted by molar-refractivity contribution is -0.141. The maximum absolute atomic E-state index is 14.2. The van der Waals surface area contributed by atoms with Crippen LogP contribution < -0.4 is 25.0 Å². The molecular weight excluding hydrogens is 869 g/mol. The molecule has 3 saturated heterocycles. The minimum Gasteiger partial charge on any atom is -0.496 e. The van der Waals surface area contributed by atoms with Gasteiger partial charge < -0.3 is 39.5 Å². The molecule has 6 atom stereocenters. The lowest BCUT2D eigenvalue weighted by atomic mass is 9.91. The molecule has 2 amide bonds. The van der Waals surface area contributed by atoms with Crippen LogP contribution in [0.5, 0.6) is 11.6 Å². The Balaban J connectivity index is 0.731. The molecule has 3 aromatic heterocycles. The van der Waals surface area contributed by atoms with Gasteiger partial charge in [-0.25, -0.2) is 4.98 Å². The highest BCUT2D eigenvalue weighted by molar-refractivity contribution is 7.13. The summed E-state index contributed by atoms with van der Waals surface area (Å²) in [4.78, 5) is 42.6. The van der Waals surface area contributed by atoms with Crippen molar-refractivity contribution in [1.29, 1.82) is 0 Å². The summed E-state index contributed by atoms with van der Waals surface area (Å²) in [6.07, 6.45) is 1.62. The Morgan fingerprint density at radius 2 is 1.79 bits per heavy atom. The summed E-state index contributed by atoms with van der Waals surface area (Å²) in [5, 5.41) is 30.8. The van der Waals surface area contributed by atoms with Gasteiger partial charge in [-0.1, -0.05) is 50.2 Å². The first-order valence-corrected chi connectivity index (χ1v) is 24.7. The number of thiazole rings is 1. The number of hydrogen-bond donors (Lipinski definition) is 3. The molecule has 0 spiro atoms. The van der Waals surface area contributed by atoms with E-state index in [-0.39, 0.29) is 42.8 Å². The van der Waals surface area contributed by atoms with Gasteiger partial charge in [0.15, 0.2) is 11.6 Å². The van der Waals surface area contributed by atoms with Crippen molar-refractivity contribution in [2.45, 2.75) is 90.1 Å². The SMILES string of the molecule is COc1ccccc1-c1cc2c(nn1)NC(C)C1CN(CC3CCN(CCOc4cc(C(C(=O)N5CC(O)CC5C(=O)NC(C)c5ccc(-c6scnc6C)cc5)C(C)C)on4)CC3)CCN21. The summed E-state index contributed by atoms with van der Waals surface area (Å²) in [6, 6.07) is 19.3. The summed E-state index contributed by atoms with van der Waals surface area (Å²) in [6.45, 7) is 17.4. The number of rotatable bonds is 15. The first-order valence-electron chi connectivity index (χ1n) is 23.8. The van der Waals surface area contributed by atoms with Gasteiger partial charge in [0.1, 0.15) is 24.3 Å². The van der Waals surface area contributed by atoms with E-state index in [1.807, 2.05) is 81.7 Å². The van der Waals surface area contributed by atoms with Crippen LogP contribution in [0.1, 0.15) is 75.9 Å². The number of ether oxygens (including phenoxy) is 2. The number of para-hydroxylation sites is 1. The smallest absolute Gasteiger partial charge is 0.254 e. The average molecular weight is 933 g/mol. The van der Waals surface area contributed by atoms with Crippen LogP contribution in [0.4, 0.5) is 11.5 Å². The Labute approximate surface area is 397 Å². The molecule has 4 aliphatic heterocycles. The van der Waals surface area contributed by atoms with Crippen LogP contribution in [0.25, 0.3) is 21.7 Å². The van der Waals surface area contributed by atoms with Crippen LogP contribution in [0.3, 0.4) is 0 Å². The number of aromatic nitrogens is 4. The van der Waals surface area contributed by atoms with Crippen molar-refractivity contribution in [1.82, 2.24) is 40.4 Å². The van der Waals surface area contributed by atoms with E-state index in [0.717, 1.165) is 109 Å². The number of anilines is 2. The first-order chi connectivity index (χ1) is 32.4. The number of aryl methyl sites for hydroxylation is 1. The van der Waals surface area contributed by atoms with Crippen LogP contribution in [0.2, 0.25) is 0 Å². The highest BCUT2D eigenvalue weighted by atomic mass is 32.1. The van der Waals surface area contributed by atoms with Crippen molar-refractivity contribution in [3.05, 3.63) is 83.2 Å². The molecule has 0 aliphatic carbocycles. The van der Waals surface area contributed by atoms with E-state index in [4.69, 9.17) is 14.0 Å². The standard InChI is InChI=1S/C50H64N10O6S/c1-30(2)46(50(63)60-27-37(61)23-41(60)49(62)53-31(3)35-11-13-36(14-12-35)47-33(5)51-29-67-47)44-25-45(56-66-44)65-22-21-57-17-15-34(16-18-57)26-58-19-20-59-40-24-39(38-9-7-8-10-43(38)64-6)54-55-48(40)52-32(4)42(59)28-58/h7-14,24-25,29-32,34,37,41-42,46,61H,15-23,26-28H2,1-6H3,(H,52,55)(H,53,62). The maximum atomic E-state index is 14.2. The lowest BCUT2D eigenvalue weighted by Crippen LogP contribution is -2.61. The van der Waals surface area contributed by atoms with Gasteiger partial charge in [0.05, 0.1) is 52.8 Å². The zero-order valence-corrected chi connectivity index (χ0v) is 40.2. The Morgan fingerprint density at radius 3 is 2.54 bits per heavy atom. The van der Waals surface area contributed by atoms with E-state index >= 15 is 0 Å². The highest BCUT2D eigenvalue weighted by Crippen LogP contribution is 2.39. The number of β-amino-alcohol motifs (C(OH)–C–C–N with tert-alkyl or cyclic N) is 1. The van der Waals surface area contributed by atoms with Crippen LogP contribution in [0.15, 0.2) is 70.7 Å². The Hall–Kier alpha value is -5.62. The molecule has 0 radical (unpaired) electrons. The number of nitrogens with zero attached hydrogens (tertiary/aromatic N) is 8. The number of carbonyl (C=O) groups is 2. The number of piperidine rings is 1. The van der Waals surface area contributed by atoms with Gasteiger partial charge in [-0.3, -0.25) is 19.4 Å². The van der Waals surface area contributed by atoms with Crippen molar-refractivity contribution >= 4 is 34.7 Å². The molecule has 67 heavy (non-hydrogen) atoms. The number of aliphatic hydroxyl groups excluding tert-OH is 1. The Kier molecular flexibility index (Phi) is 14.1. The fraction of sp³-hybridized carbons (Fsp3) is 0.520. The first kappa shape index (κ1) is 46.5. The van der Waals surface area contributed by atoms with E-state index in [1.54, 1.807) is 24.5 Å². The molecule has 5 aromatic rings. The monoisotopic (exact) mass is 932 g/mol. The summed E-state index contributed by atoms with van der Waals surface area (Å²) < 4.78 is 17.5. The number of methoxy groups -OCH3 is 1. The predicted octanol–water partition coefficient (Wildman–Crippen LogP) is 6.25. The maximum Gasteiger partial charge on any atom is 0.254 e. The van der Waals surface area contributed by atoms with Gasteiger partial charge in [0, 0.05) is 63.4 Å². The molecule has 3 N–H and O–H groups in total. The summed E-state index contributed by atoms with van der Waals surface area (Å²) >= 11 is 1.60. The second-order valence-corrected chi connectivity index (χ2v) is 19.9. The third-order valence-electron chi connectivity index (χ3n) is 14.2. The van der Waals surface area contributed by atoms with Crippen LogP contribution in [-0.2, 0) is 9.59 Å². The van der Waals surface area contributed by atoms with Crippen molar-refractivity contribution < 1.29 is 28.7 Å². The molecule has 17 heteroatoms. The number of likely N-dealkylation sites (tertiary alicyclic amines) is 2. The van der Waals surface area contributed by atoms with Gasteiger partial charge in [0.2, 0.25) is 11.8 Å². The van der Waals surface area contributed by atoms with Crippen molar-refractivity contribution in [3.63, 3.8) is 0 Å². The normalized spacial score (nSPS) is 22.2. The van der Waals surface area contributed by atoms with E-state index in [2.05, 4.69) is 58.7 Å². The van der Waals surface area contributed by atoms with Crippen LogP contribution in [-0.4, -0.2) is 142 Å². The fourth-order valence-electron chi connectivity index (χ4n) is 10.4. The Bertz CT molecular complexity index is 2490. The zero-order valence-electron chi connectivity index (χ0n) is 39.4. The molecule has 0 bridgehead atoms. The fourth-order valence-corrected chi connectivity index (χ4v) is 11.2. The number of fused-ring (bicyclic) bond motifs is 3. The van der Waals surface area contributed by atoms with E-state index < -0.39 is 18.1 Å². The minimum absolute atomic E-state index is 0.0668. The Morgan fingerprint density at radius 1 is 1.00 bits per heavy atom. The number of hydrogen-bond acceptors (Lipinski definition) is 15. The quantitative estimate of drug-likeness (QED) is 0.108. The van der Waals surface area contributed by atoms with E-state index in [0.29, 0.717) is 30.2 Å². The van der Waals surface area contributed by atoms with Crippen LogP contribution >= 0.6 is 11.3 Å². The van der Waals surface area contributed by atoms with Gasteiger partial charge >= 0.3 is 0 Å². The highest BCUT2D eigenvalue weighted by Gasteiger charge is 2.44. The van der Waals surface area contributed by atoms with Crippen LogP contribution in [0, 0.1) is 18.8 Å². The van der Waals surface area contributed by atoms with Crippen molar-refractivity contribution in [2.75, 3.05) is 76.3 Å². The molecule has 4 aliphatic rings. The number of nitrogens with one attached hydrogen (secondary N) is 2. The topological polar surface area (TPSA) is 175 Å². The average Bonchev–Trinajstić information content (AvgIpc) is 4.09. The molecule has 0 saturated carbocycles. The molecule has 3 fully saturated rings. The number of piperazine rings is 1. The molecule has 9 rings (SSSR count).